The smallest absolute Gasteiger partial charge is 0.227 e. The van der Waals surface area contributed by atoms with Crippen LogP contribution in [0, 0.1) is 5.92 Å². The fraction of sp³-hybridized carbons (Fsp3) is 0.417. The number of nitrogens with one attached hydrogen (secondary N) is 1. The highest BCUT2D eigenvalue weighted by Gasteiger charge is 2.11. The van der Waals surface area contributed by atoms with Crippen molar-refractivity contribution in [3.8, 4) is 0 Å². The minimum Gasteiger partial charge on any atom is -0.399 e. The summed E-state index contributed by atoms with van der Waals surface area (Å²) in [5.74, 6) is 0.110. The van der Waals surface area contributed by atoms with Crippen LogP contribution in [0.4, 0.5) is 11.4 Å². The molecule has 3 nitrogen and oxygen atoms in total. The first kappa shape index (κ1) is 11.6. The Morgan fingerprint density at radius 1 is 1.53 bits per heavy atom. The number of nitrogen functional groups attached to an aromatic ring is 1. The summed E-state index contributed by atoms with van der Waals surface area (Å²) in [7, 11) is 0. The summed E-state index contributed by atoms with van der Waals surface area (Å²) < 4.78 is 0. The van der Waals surface area contributed by atoms with Gasteiger partial charge in [0.2, 0.25) is 5.91 Å². The van der Waals surface area contributed by atoms with Crippen molar-refractivity contribution in [1.82, 2.24) is 0 Å². The maximum Gasteiger partial charge on any atom is 0.227 e. The number of carbonyl (C=O) groups is 1. The molecule has 0 aliphatic rings. The van der Waals surface area contributed by atoms with Gasteiger partial charge in [-0.3, -0.25) is 4.79 Å². The van der Waals surface area contributed by atoms with Gasteiger partial charge in [0.1, 0.15) is 0 Å². The van der Waals surface area contributed by atoms with E-state index in [1.807, 2.05) is 19.1 Å². The average molecular weight is 206 g/mol. The highest BCUT2D eigenvalue weighted by atomic mass is 16.1. The van der Waals surface area contributed by atoms with Crippen LogP contribution in [0.25, 0.3) is 0 Å². The largest absolute Gasteiger partial charge is 0.399 e. The lowest BCUT2D eigenvalue weighted by atomic mass is 10.1. The Bertz CT molecular complexity index is 336. The molecule has 0 saturated carbocycles. The Morgan fingerprint density at radius 2 is 2.27 bits per heavy atom. The monoisotopic (exact) mass is 206 g/mol. The van der Waals surface area contributed by atoms with E-state index in [4.69, 9.17) is 5.73 Å². The first-order valence-electron chi connectivity index (χ1n) is 5.30. The van der Waals surface area contributed by atoms with E-state index in [0.29, 0.717) is 5.69 Å². The van der Waals surface area contributed by atoms with Crippen LogP contribution in [0.5, 0.6) is 0 Å². The maximum absolute atomic E-state index is 11.7. The van der Waals surface area contributed by atoms with E-state index in [1.54, 1.807) is 12.1 Å². The minimum atomic E-state index is 0.0523. The van der Waals surface area contributed by atoms with Gasteiger partial charge in [0.15, 0.2) is 0 Å². The molecule has 0 bridgehead atoms. The first-order chi connectivity index (χ1) is 7.13. The van der Waals surface area contributed by atoms with E-state index in [1.165, 1.54) is 0 Å². The Hall–Kier alpha value is -1.51. The van der Waals surface area contributed by atoms with Crippen molar-refractivity contribution in [2.24, 2.45) is 5.92 Å². The number of rotatable bonds is 4. The number of nitrogens with two attached hydrogens (primary N) is 1. The Labute approximate surface area is 90.7 Å². The number of amides is 1. The molecule has 1 aromatic rings. The van der Waals surface area contributed by atoms with Gasteiger partial charge in [-0.1, -0.05) is 26.3 Å². The lowest BCUT2D eigenvalue weighted by Crippen LogP contribution is -2.20. The van der Waals surface area contributed by atoms with E-state index in [2.05, 4.69) is 12.2 Å². The second-order valence-electron chi connectivity index (χ2n) is 3.80. The van der Waals surface area contributed by atoms with Crippen LogP contribution in [0.3, 0.4) is 0 Å². The van der Waals surface area contributed by atoms with Gasteiger partial charge in [-0.2, -0.15) is 0 Å². The molecule has 1 amide bonds. The number of hydrogen-bond acceptors (Lipinski definition) is 2. The molecule has 0 spiro atoms. The molecule has 3 N–H and O–H groups in total. The Balaban J connectivity index is 2.58. The highest BCUT2D eigenvalue weighted by molar-refractivity contribution is 5.92. The highest BCUT2D eigenvalue weighted by Crippen LogP contribution is 2.14. The van der Waals surface area contributed by atoms with Crippen molar-refractivity contribution in [2.45, 2.75) is 26.7 Å². The standard InChI is InChI=1S/C12H18N2O/c1-3-5-9(2)12(15)14-11-7-4-6-10(13)8-11/h4,6-9H,3,5,13H2,1-2H3,(H,14,15)/t9-/m1/s1. The summed E-state index contributed by atoms with van der Waals surface area (Å²) >= 11 is 0. The average Bonchev–Trinajstić information content (AvgIpc) is 2.18. The molecule has 0 radical (unpaired) electrons. The van der Waals surface area contributed by atoms with E-state index in [0.717, 1.165) is 18.5 Å². The number of hydrogen-bond donors (Lipinski definition) is 2. The zero-order valence-electron chi connectivity index (χ0n) is 9.29. The van der Waals surface area contributed by atoms with Crippen molar-refractivity contribution in [2.75, 3.05) is 11.1 Å². The molecule has 1 aromatic carbocycles. The zero-order chi connectivity index (χ0) is 11.3. The molecule has 15 heavy (non-hydrogen) atoms. The second-order valence-corrected chi connectivity index (χ2v) is 3.80. The van der Waals surface area contributed by atoms with E-state index < -0.39 is 0 Å². The summed E-state index contributed by atoms with van der Waals surface area (Å²) in [6, 6.07) is 7.23. The minimum absolute atomic E-state index is 0.0523. The maximum atomic E-state index is 11.7. The van der Waals surface area contributed by atoms with E-state index in [-0.39, 0.29) is 11.8 Å². The first-order valence-corrected chi connectivity index (χ1v) is 5.30. The fourth-order valence-electron chi connectivity index (χ4n) is 1.45. The molecule has 82 valence electrons. The number of benzene rings is 1. The van der Waals surface area contributed by atoms with Gasteiger partial charge in [0.25, 0.3) is 0 Å². The van der Waals surface area contributed by atoms with E-state index in [9.17, 15) is 4.79 Å². The predicted octanol–water partition coefficient (Wildman–Crippen LogP) is 2.64. The van der Waals surface area contributed by atoms with Crippen LogP contribution < -0.4 is 11.1 Å². The molecular weight excluding hydrogens is 188 g/mol. The molecule has 0 heterocycles. The molecule has 0 fully saturated rings. The van der Waals surface area contributed by atoms with Crippen molar-refractivity contribution >= 4 is 17.3 Å². The zero-order valence-corrected chi connectivity index (χ0v) is 9.29. The predicted molar refractivity (Wildman–Crippen MR) is 63.6 cm³/mol. The van der Waals surface area contributed by atoms with Crippen molar-refractivity contribution in [3.63, 3.8) is 0 Å². The fourth-order valence-corrected chi connectivity index (χ4v) is 1.45. The van der Waals surface area contributed by atoms with Crippen LogP contribution >= 0.6 is 0 Å². The molecule has 0 aromatic heterocycles. The van der Waals surface area contributed by atoms with Crippen molar-refractivity contribution in [3.05, 3.63) is 24.3 Å². The Kier molecular flexibility index (Phi) is 4.16. The third kappa shape index (κ3) is 3.62. The van der Waals surface area contributed by atoms with Crippen molar-refractivity contribution < 1.29 is 4.79 Å². The Morgan fingerprint density at radius 3 is 2.87 bits per heavy atom. The summed E-state index contributed by atoms with van der Waals surface area (Å²) in [6.45, 7) is 4.01. The van der Waals surface area contributed by atoms with Gasteiger partial charge < -0.3 is 11.1 Å². The van der Waals surface area contributed by atoms with Gasteiger partial charge in [-0.25, -0.2) is 0 Å². The summed E-state index contributed by atoms with van der Waals surface area (Å²) in [4.78, 5) is 11.7. The van der Waals surface area contributed by atoms with Gasteiger partial charge in [0.05, 0.1) is 0 Å². The summed E-state index contributed by atoms with van der Waals surface area (Å²) in [6.07, 6.45) is 1.93. The van der Waals surface area contributed by atoms with Crippen LogP contribution in [-0.2, 0) is 4.79 Å². The van der Waals surface area contributed by atoms with Crippen LogP contribution in [0.15, 0.2) is 24.3 Å². The molecule has 0 aliphatic heterocycles. The lowest BCUT2D eigenvalue weighted by Gasteiger charge is -2.11. The SMILES string of the molecule is CCC[C@@H](C)C(=O)Nc1cccc(N)c1. The lowest BCUT2D eigenvalue weighted by molar-refractivity contribution is -0.119. The van der Waals surface area contributed by atoms with E-state index >= 15 is 0 Å². The van der Waals surface area contributed by atoms with Crippen LogP contribution in [0.1, 0.15) is 26.7 Å². The van der Waals surface area contributed by atoms with Crippen LogP contribution in [0.2, 0.25) is 0 Å². The third-order valence-corrected chi connectivity index (χ3v) is 2.32. The summed E-state index contributed by atoms with van der Waals surface area (Å²) in [5.41, 5.74) is 7.05. The van der Waals surface area contributed by atoms with Gasteiger partial charge in [0, 0.05) is 17.3 Å². The molecule has 1 rings (SSSR count). The number of anilines is 2. The quantitative estimate of drug-likeness (QED) is 0.744. The summed E-state index contributed by atoms with van der Waals surface area (Å²) in [5, 5.41) is 2.85. The third-order valence-electron chi connectivity index (χ3n) is 2.32. The topological polar surface area (TPSA) is 55.1 Å². The van der Waals surface area contributed by atoms with Gasteiger partial charge in [-0.15, -0.1) is 0 Å². The molecule has 3 heteroatoms. The van der Waals surface area contributed by atoms with Crippen LogP contribution in [-0.4, -0.2) is 5.91 Å². The molecule has 1 atom stereocenters. The number of carbonyl (C=O) groups excluding carboxylic acids is 1. The van der Waals surface area contributed by atoms with Gasteiger partial charge >= 0.3 is 0 Å². The normalized spacial score (nSPS) is 12.1. The van der Waals surface area contributed by atoms with Crippen molar-refractivity contribution in [1.29, 1.82) is 0 Å². The second kappa shape index (κ2) is 5.39. The molecule has 0 aliphatic carbocycles. The molecular formula is C12H18N2O. The molecule has 0 unspecified atom stereocenters. The molecule has 0 saturated heterocycles. The van der Waals surface area contributed by atoms with Gasteiger partial charge in [-0.05, 0) is 24.6 Å².